The third kappa shape index (κ3) is 3.76. The van der Waals surface area contributed by atoms with Crippen molar-refractivity contribution in [3.05, 3.63) is 29.8 Å². The first-order valence-corrected chi connectivity index (χ1v) is 7.98. The van der Waals surface area contributed by atoms with Crippen molar-refractivity contribution < 1.29 is 27.1 Å². The third-order valence-electron chi connectivity index (χ3n) is 3.58. The minimum atomic E-state index is -4.08. The summed E-state index contributed by atoms with van der Waals surface area (Å²) in [6.07, 6.45) is 1.49. The molecule has 0 aliphatic heterocycles. The maximum Gasteiger partial charge on any atom is 0.306 e. The minimum absolute atomic E-state index is 0.369. The molecule has 8 heteroatoms. The summed E-state index contributed by atoms with van der Waals surface area (Å²) >= 11 is 0. The van der Waals surface area contributed by atoms with Crippen LogP contribution in [0.4, 0.5) is 8.78 Å². The van der Waals surface area contributed by atoms with Gasteiger partial charge in [-0.1, -0.05) is 0 Å². The molecule has 0 unspecified atom stereocenters. The van der Waals surface area contributed by atoms with Crippen molar-refractivity contribution in [2.24, 2.45) is 5.92 Å². The molecule has 0 spiro atoms. The highest BCUT2D eigenvalue weighted by atomic mass is 32.2. The molecule has 2 N–H and O–H groups in total. The Morgan fingerprint density at radius 1 is 1.19 bits per heavy atom. The molecule has 2 rings (SSSR count). The van der Waals surface area contributed by atoms with Crippen LogP contribution in [-0.2, 0) is 14.8 Å². The number of benzene rings is 1. The second-order valence-corrected chi connectivity index (χ2v) is 6.77. The van der Waals surface area contributed by atoms with E-state index in [-0.39, 0.29) is 0 Å². The van der Waals surface area contributed by atoms with Gasteiger partial charge in [0.25, 0.3) is 0 Å². The van der Waals surface area contributed by atoms with Crippen LogP contribution in [0.2, 0.25) is 0 Å². The Labute approximate surface area is 121 Å². The first-order valence-electron chi connectivity index (χ1n) is 6.50. The van der Waals surface area contributed by atoms with Gasteiger partial charge in [0, 0.05) is 12.1 Å². The fourth-order valence-electron chi connectivity index (χ4n) is 2.43. The number of rotatable bonds is 4. The van der Waals surface area contributed by atoms with Gasteiger partial charge < -0.3 is 5.11 Å². The van der Waals surface area contributed by atoms with Crippen LogP contribution in [0.15, 0.2) is 23.1 Å². The van der Waals surface area contributed by atoms with E-state index < -0.39 is 44.5 Å². The standard InChI is InChI=1S/C13H15F2NO4S/c14-9-3-6-12(11(15)7-9)21(19,20)16-10-4-1-8(2-5-10)13(17)18/h3,6-8,10,16H,1-2,4-5H2,(H,17,18). The van der Waals surface area contributed by atoms with Crippen LogP contribution in [0.3, 0.4) is 0 Å². The van der Waals surface area contributed by atoms with Crippen LogP contribution in [0, 0.1) is 17.6 Å². The van der Waals surface area contributed by atoms with E-state index >= 15 is 0 Å². The van der Waals surface area contributed by atoms with Gasteiger partial charge in [0.15, 0.2) is 0 Å². The lowest BCUT2D eigenvalue weighted by molar-refractivity contribution is -0.142. The molecule has 1 aliphatic rings. The van der Waals surface area contributed by atoms with Gasteiger partial charge in [-0.2, -0.15) is 0 Å². The first-order chi connectivity index (χ1) is 9.79. The summed E-state index contributed by atoms with van der Waals surface area (Å²) in [5.41, 5.74) is 0. The van der Waals surface area contributed by atoms with Crippen LogP contribution < -0.4 is 4.72 Å². The number of hydrogen-bond acceptors (Lipinski definition) is 3. The Kier molecular flexibility index (Phi) is 4.58. The molecule has 0 amide bonds. The number of carboxylic acids is 1. The second-order valence-electron chi connectivity index (χ2n) is 5.08. The maximum absolute atomic E-state index is 13.5. The average molecular weight is 319 g/mol. The summed E-state index contributed by atoms with van der Waals surface area (Å²) in [4.78, 5) is 10.2. The number of aliphatic carboxylic acids is 1. The SMILES string of the molecule is O=C(O)C1CCC(NS(=O)(=O)c2ccc(F)cc2F)CC1. The van der Waals surface area contributed by atoms with Crippen molar-refractivity contribution in [3.8, 4) is 0 Å². The van der Waals surface area contributed by atoms with Gasteiger partial charge in [0.05, 0.1) is 5.92 Å². The molecule has 21 heavy (non-hydrogen) atoms. The molecule has 1 saturated carbocycles. The summed E-state index contributed by atoms with van der Waals surface area (Å²) in [6, 6.07) is 1.82. The van der Waals surface area contributed by atoms with Gasteiger partial charge in [0.2, 0.25) is 10.0 Å². The van der Waals surface area contributed by atoms with Crippen molar-refractivity contribution >= 4 is 16.0 Å². The number of nitrogens with one attached hydrogen (secondary N) is 1. The van der Waals surface area contributed by atoms with Gasteiger partial charge in [-0.15, -0.1) is 0 Å². The van der Waals surface area contributed by atoms with Gasteiger partial charge in [-0.25, -0.2) is 21.9 Å². The van der Waals surface area contributed by atoms with E-state index in [9.17, 15) is 22.0 Å². The van der Waals surface area contributed by atoms with Crippen molar-refractivity contribution in [2.75, 3.05) is 0 Å². The summed E-state index contributed by atoms with van der Waals surface area (Å²) in [6.45, 7) is 0. The van der Waals surface area contributed by atoms with Crippen LogP contribution in [-0.4, -0.2) is 25.5 Å². The molecule has 0 radical (unpaired) electrons. The van der Waals surface area contributed by atoms with Gasteiger partial charge >= 0.3 is 5.97 Å². The topological polar surface area (TPSA) is 83.5 Å². The van der Waals surface area contributed by atoms with E-state index in [1.807, 2.05) is 0 Å². The lowest BCUT2D eigenvalue weighted by Gasteiger charge is -2.26. The fourth-order valence-corrected chi connectivity index (χ4v) is 3.80. The predicted molar refractivity (Wildman–Crippen MR) is 70.1 cm³/mol. The van der Waals surface area contributed by atoms with E-state index in [1.54, 1.807) is 0 Å². The zero-order valence-electron chi connectivity index (χ0n) is 11.1. The molecule has 0 aromatic heterocycles. The number of carbonyl (C=O) groups is 1. The van der Waals surface area contributed by atoms with Crippen molar-refractivity contribution in [1.29, 1.82) is 0 Å². The highest BCUT2D eigenvalue weighted by Crippen LogP contribution is 2.26. The molecule has 0 atom stereocenters. The molecule has 1 fully saturated rings. The monoisotopic (exact) mass is 319 g/mol. The normalized spacial score (nSPS) is 23.0. The number of halogens is 2. The van der Waals surface area contributed by atoms with E-state index in [2.05, 4.69) is 4.72 Å². The van der Waals surface area contributed by atoms with E-state index in [4.69, 9.17) is 5.11 Å². The molecule has 0 saturated heterocycles. The fraction of sp³-hybridized carbons (Fsp3) is 0.462. The molecule has 1 aromatic carbocycles. The van der Waals surface area contributed by atoms with Crippen molar-refractivity contribution in [2.45, 2.75) is 36.6 Å². The van der Waals surface area contributed by atoms with Crippen LogP contribution >= 0.6 is 0 Å². The predicted octanol–water partition coefficient (Wildman–Crippen LogP) is 1.89. The molecular weight excluding hydrogens is 304 g/mol. The average Bonchev–Trinajstić information content (AvgIpc) is 2.38. The zero-order valence-corrected chi connectivity index (χ0v) is 11.9. The van der Waals surface area contributed by atoms with Gasteiger partial charge in [0.1, 0.15) is 16.5 Å². The van der Waals surface area contributed by atoms with Crippen molar-refractivity contribution in [1.82, 2.24) is 4.72 Å². The Morgan fingerprint density at radius 3 is 2.33 bits per heavy atom. The Morgan fingerprint density at radius 2 is 1.81 bits per heavy atom. The zero-order chi connectivity index (χ0) is 15.6. The second kappa shape index (κ2) is 6.07. The molecule has 5 nitrogen and oxygen atoms in total. The number of carboxylic acid groups (broad SMARTS) is 1. The summed E-state index contributed by atoms with van der Waals surface area (Å²) in [5.74, 6) is -3.36. The lowest BCUT2D eigenvalue weighted by Crippen LogP contribution is -2.39. The largest absolute Gasteiger partial charge is 0.481 e. The Hall–Kier alpha value is -1.54. The smallest absolute Gasteiger partial charge is 0.306 e. The van der Waals surface area contributed by atoms with Gasteiger partial charge in [-0.05, 0) is 37.8 Å². The minimum Gasteiger partial charge on any atom is -0.481 e. The Balaban J connectivity index is 2.07. The highest BCUT2D eigenvalue weighted by Gasteiger charge is 2.29. The molecule has 116 valence electrons. The maximum atomic E-state index is 13.5. The van der Waals surface area contributed by atoms with E-state index in [1.165, 1.54) is 0 Å². The Bertz CT molecular complexity index is 640. The molecule has 1 aromatic rings. The van der Waals surface area contributed by atoms with E-state index in [0.29, 0.717) is 31.7 Å². The summed E-state index contributed by atoms with van der Waals surface area (Å²) in [7, 11) is -4.08. The first kappa shape index (κ1) is 15.8. The lowest BCUT2D eigenvalue weighted by atomic mass is 9.87. The van der Waals surface area contributed by atoms with Crippen molar-refractivity contribution in [3.63, 3.8) is 0 Å². The third-order valence-corrected chi connectivity index (χ3v) is 5.14. The highest BCUT2D eigenvalue weighted by molar-refractivity contribution is 7.89. The molecule has 0 bridgehead atoms. The summed E-state index contributed by atoms with van der Waals surface area (Å²) < 4.78 is 52.8. The van der Waals surface area contributed by atoms with Crippen LogP contribution in [0.1, 0.15) is 25.7 Å². The van der Waals surface area contributed by atoms with E-state index in [0.717, 1.165) is 12.1 Å². The quantitative estimate of drug-likeness (QED) is 0.887. The molecule has 1 aliphatic carbocycles. The molecule has 0 heterocycles. The van der Waals surface area contributed by atoms with Crippen LogP contribution in [0.5, 0.6) is 0 Å². The number of hydrogen-bond donors (Lipinski definition) is 2. The molecular formula is C13H15F2NO4S. The summed E-state index contributed by atoms with van der Waals surface area (Å²) in [5, 5.41) is 8.87. The number of sulfonamides is 1. The van der Waals surface area contributed by atoms with Crippen LogP contribution in [0.25, 0.3) is 0 Å². The van der Waals surface area contributed by atoms with Gasteiger partial charge in [-0.3, -0.25) is 4.79 Å².